The summed E-state index contributed by atoms with van der Waals surface area (Å²) in [7, 11) is 0. The maximum absolute atomic E-state index is 13.0. The molecule has 2 fully saturated rings. The van der Waals surface area contributed by atoms with E-state index in [4.69, 9.17) is 0 Å². The van der Waals surface area contributed by atoms with E-state index in [1.807, 2.05) is 32.6 Å². The molecule has 0 aromatic heterocycles. The van der Waals surface area contributed by atoms with Crippen molar-refractivity contribution in [2.45, 2.75) is 78.3 Å². The molecule has 0 aromatic rings. The van der Waals surface area contributed by atoms with E-state index in [1.54, 1.807) is 0 Å². The van der Waals surface area contributed by atoms with Crippen molar-refractivity contribution in [2.24, 2.45) is 11.3 Å². The Hall–Kier alpha value is -1.06. The van der Waals surface area contributed by atoms with Gasteiger partial charge in [-0.1, -0.05) is 40.5 Å². The van der Waals surface area contributed by atoms with Gasteiger partial charge in [-0.05, 0) is 37.5 Å². The second-order valence-electron chi connectivity index (χ2n) is 7.89. The molecule has 1 saturated carbocycles. The summed E-state index contributed by atoms with van der Waals surface area (Å²) in [6, 6.07) is -0.404. The third-order valence-electron chi connectivity index (χ3n) is 5.03. The molecule has 0 radical (unpaired) electrons. The molecular formula is C17H30N2O2. The number of carbonyl (C=O) groups excluding carboxylic acids is 2. The second-order valence-corrected chi connectivity index (χ2v) is 7.89. The number of rotatable bonds is 5. The largest absolute Gasteiger partial charge is 0.342 e. The van der Waals surface area contributed by atoms with Crippen LogP contribution >= 0.6 is 0 Å². The number of amides is 2. The van der Waals surface area contributed by atoms with Crippen LogP contribution < -0.4 is 5.32 Å². The highest BCUT2D eigenvalue weighted by atomic mass is 16.2. The van der Waals surface area contributed by atoms with Crippen molar-refractivity contribution >= 4 is 11.8 Å². The van der Waals surface area contributed by atoms with E-state index < -0.39 is 11.6 Å². The molecule has 120 valence electrons. The summed E-state index contributed by atoms with van der Waals surface area (Å²) in [5.74, 6) is 0.484. The van der Waals surface area contributed by atoms with Crippen LogP contribution in [0.25, 0.3) is 0 Å². The van der Waals surface area contributed by atoms with E-state index >= 15 is 0 Å². The molecule has 21 heavy (non-hydrogen) atoms. The molecule has 1 saturated heterocycles. The molecule has 2 aliphatic rings. The van der Waals surface area contributed by atoms with E-state index in [1.165, 1.54) is 0 Å². The minimum atomic E-state index is -0.632. The van der Waals surface area contributed by atoms with Gasteiger partial charge in [0, 0.05) is 6.54 Å². The number of hydrogen-bond acceptors (Lipinski definition) is 2. The van der Waals surface area contributed by atoms with Gasteiger partial charge in [0.1, 0.15) is 11.6 Å². The minimum absolute atomic E-state index is 0.0426. The normalized spacial score (nSPS) is 30.5. The molecule has 2 unspecified atom stereocenters. The van der Waals surface area contributed by atoms with Gasteiger partial charge in [0.2, 0.25) is 11.8 Å². The van der Waals surface area contributed by atoms with Crippen LogP contribution in [0.2, 0.25) is 0 Å². The van der Waals surface area contributed by atoms with Gasteiger partial charge < -0.3 is 10.2 Å². The lowest BCUT2D eigenvalue weighted by Crippen LogP contribution is -2.72. The molecule has 0 bridgehead atoms. The first-order chi connectivity index (χ1) is 9.72. The minimum Gasteiger partial charge on any atom is -0.342 e. The molecule has 1 N–H and O–H groups in total. The fourth-order valence-electron chi connectivity index (χ4n) is 3.35. The zero-order valence-electron chi connectivity index (χ0n) is 14.2. The molecule has 0 aromatic carbocycles. The Labute approximate surface area is 128 Å². The summed E-state index contributed by atoms with van der Waals surface area (Å²) in [6.07, 6.45) is 5.32. The lowest BCUT2D eigenvalue weighted by atomic mass is 9.79. The maximum Gasteiger partial charge on any atom is 0.246 e. The number of piperazine rings is 1. The maximum atomic E-state index is 13.0. The smallest absolute Gasteiger partial charge is 0.246 e. The summed E-state index contributed by atoms with van der Waals surface area (Å²) in [4.78, 5) is 27.6. The summed E-state index contributed by atoms with van der Waals surface area (Å²) < 4.78 is 0. The molecular weight excluding hydrogens is 264 g/mol. The highest BCUT2D eigenvalue weighted by molar-refractivity contribution is 6.00. The van der Waals surface area contributed by atoms with Gasteiger partial charge in [0.15, 0.2) is 0 Å². The van der Waals surface area contributed by atoms with Crippen molar-refractivity contribution in [2.75, 3.05) is 6.54 Å². The highest BCUT2D eigenvalue weighted by Crippen LogP contribution is 2.45. The van der Waals surface area contributed by atoms with Gasteiger partial charge >= 0.3 is 0 Å². The zero-order chi connectivity index (χ0) is 15.8. The fraction of sp³-hybridized carbons (Fsp3) is 0.882. The molecule has 0 spiro atoms. The van der Waals surface area contributed by atoms with Gasteiger partial charge in [-0.15, -0.1) is 0 Å². The predicted octanol–water partition coefficient (Wildman–Crippen LogP) is 2.72. The van der Waals surface area contributed by atoms with Crippen LogP contribution in [0.3, 0.4) is 0 Å². The molecule has 1 aliphatic heterocycles. The van der Waals surface area contributed by atoms with E-state index in [-0.39, 0.29) is 17.2 Å². The van der Waals surface area contributed by atoms with E-state index in [0.29, 0.717) is 12.5 Å². The van der Waals surface area contributed by atoms with Gasteiger partial charge in [0.05, 0.1) is 0 Å². The first kappa shape index (κ1) is 16.3. The molecule has 4 heteroatoms. The summed E-state index contributed by atoms with van der Waals surface area (Å²) in [6.45, 7) is 10.9. The first-order valence-corrected chi connectivity index (χ1v) is 8.35. The monoisotopic (exact) mass is 294 g/mol. The average molecular weight is 294 g/mol. The van der Waals surface area contributed by atoms with E-state index in [9.17, 15) is 9.59 Å². The van der Waals surface area contributed by atoms with Crippen molar-refractivity contribution in [3.05, 3.63) is 0 Å². The second kappa shape index (κ2) is 5.62. The molecule has 1 heterocycles. The summed E-state index contributed by atoms with van der Waals surface area (Å²) >= 11 is 0. The average Bonchev–Trinajstić information content (AvgIpc) is 3.21. The Morgan fingerprint density at radius 3 is 2.33 bits per heavy atom. The third kappa shape index (κ3) is 2.95. The van der Waals surface area contributed by atoms with Crippen molar-refractivity contribution in [1.82, 2.24) is 10.2 Å². The van der Waals surface area contributed by atoms with Gasteiger partial charge in [0.25, 0.3) is 0 Å². The van der Waals surface area contributed by atoms with Crippen LogP contribution in [0.5, 0.6) is 0 Å². The Morgan fingerprint density at radius 1 is 1.24 bits per heavy atom. The molecule has 2 atom stereocenters. The summed E-state index contributed by atoms with van der Waals surface area (Å²) in [5.41, 5.74) is -0.882. The standard InChI is InChI=1S/C17H30N2O2/c1-6-7-8-11-19-14(20)13(16(2,3)4)18-15(21)17(19,5)12-9-10-12/h12-13H,6-11H2,1-5H3,(H,18,21). The lowest BCUT2D eigenvalue weighted by Gasteiger charge is -2.49. The van der Waals surface area contributed by atoms with Crippen molar-refractivity contribution < 1.29 is 9.59 Å². The molecule has 4 nitrogen and oxygen atoms in total. The van der Waals surface area contributed by atoms with Gasteiger partial charge in [-0.2, -0.15) is 0 Å². The number of carbonyl (C=O) groups is 2. The number of nitrogens with one attached hydrogen (secondary N) is 1. The Balaban J connectivity index is 2.26. The highest BCUT2D eigenvalue weighted by Gasteiger charge is 2.58. The first-order valence-electron chi connectivity index (χ1n) is 8.35. The van der Waals surface area contributed by atoms with Crippen LogP contribution in [0.1, 0.15) is 66.7 Å². The quantitative estimate of drug-likeness (QED) is 0.793. The van der Waals surface area contributed by atoms with Crippen LogP contribution in [-0.4, -0.2) is 34.8 Å². The molecule has 1 aliphatic carbocycles. The number of hydrogen-bond donors (Lipinski definition) is 1. The van der Waals surface area contributed by atoms with E-state index in [2.05, 4.69) is 12.2 Å². The number of unbranched alkanes of at least 4 members (excludes halogenated alkanes) is 2. The van der Waals surface area contributed by atoms with E-state index in [0.717, 1.165) is 32.1 Å². The Bertz CT molecular complexity index is 423. The lowest BCUT2D eigenvalue weighted by molar-refractivity contribution is -0.161. The van der Waals surface area contributed by atoms with Gasteiger partial charge in [-0.25, -0.2) is 0 Å². The fourth-order valence-corrected chi connectivity index (χ4v) is 3.35. The van der Waals surface area contributed by atoms with Crippen LogP contribution in [0, 0.1) is 11.3 Å². The van der Waals surface area contributed by atoms with Crippen LogP contribution in [-0.2, 0) is 9.59 Å². The molecule has 2 rings (SSSR count). The summed E-state index contributed by atoms with van der Waals surface area (Å²) in [5, 5.41) is 3.01. The topological polar surface area (TPSA) is 49.4 Å². The predicted molar refractivity (Wildman–Crippen MR) is 83.8 cm³/mol. The number of nitrogens with zero attached hydrogens (tertiary/aromatic N) is 1. The van der Waals surface area contributed by atoms with Crippen LogP contribution in [0.15, 0.2) is 0 Å². The van der Waals surface area contributed by atoms with Crippen molar-refractivity contribution in [3.8, 4) is 0 Å². The van der Waals surface area contributed by atoms with Crippen LogP contribution in [0.4, 0.5) is 0 Å². The zero-order valence-corrected chi connectivity index (χ0v) is 14.2. The van der Waals surface area contributed by atoms with Crippen molar-refractivity contribution in [1.29, 1.82) is 0 Å². The molecule has 2 amide bonds. The Kier molecular flexibility index (Phi) is 4.36. The third-order valence-corrected chi connectivity index (χ3v) is 5.03. The SMILES string of the molecule is CCCCCN1C(=O)C(C(C)(C)C)NC(=O)C1(C)C1CC1. The van der Waals surface area contributed by atoms with Gasteiger partial charge in [-0.3, -0.25) is 9.59 Å². The Morgan fingerprint density at radius 2 is 1.86 bits per heavy atom. The van der Waals surface area contributed by atoms with Crippen molar-refractivity contribution in [3.63, 3.8) is 0 Å².